The molecule has 1 aromatic carbocycles. The van der Waals surface area contributed by atoms with Crippen molar-refractivity contribution in [2.24, 2.45) is 5.92 Å². The highest BCUT2D eigenvalue weighted by Gasteiger charge is 2.64. The van der Waals surface area contributed by atoms with Crippen molar-refractivity contribution < 1.29 is 39.9 Å². The van der Waals surface area contributed by atoms with E-state index in [2.05, 4.69) is 5.32 Å². The lowest BCUT2D eigenvalue weighted by atomic mass is 9.52. The van der Waals surface area contributed by atoms with E-state index in [0.29, 0.717) is 24.9 Å². The molecule has 152 valence electrons. The standard InChI is InChI=1S/C19H23NO8/c21-11-5-6-13-18(7-11,12-4-2-1-3-10(12)9-20-13)15(16(24)25)19(28,17(26)27)8-14(22)23/h1-4,11,13,15,20-21,28H,5-9H2,(H,22,23)(H,24,25)(H,26,27). The third-order valence-electron chi connectivity index (χ3n) is 6.07. The van der Waals surface area contributed by atoms with Crippen LogP contribution in [-0.4, -0.2) is 61.2 Å². The Kier molecular flexibility index (Phi) is 5.18. The molecule has 1 aliphatic heterocycles. The SMILES string of the molecule is O=C(O)CC(O)(C(=O)O)C(C(=O)O)C12CC(O)CCC1NCc1ccccc12. The Hall–Kier alpha value is -2.49. The predicted molar refractivity (Wildman–Crippen MR) is 94.6 cm³/mol. The van der Waals surface area contributed by atoms with Gasteiger partial charge in [0.15, 0.2) is 5.60 Å². The van der Waals surface area contributed by atoms with Crippen LogP contribution in [0.5, 0.6) is 0 Å². The number of rotatable bonds is 6. The van der Waals surface area contributed by atoms with Gasteiger partial charge < -0.3 is 30.8 Å². The van der Waals surface area contributed by atoms with Gasteiger partial charge >= 0.3 is 17.9 Å². The zero-order chi connectivity index (χ0) is 20.7. The van der Waals surface area contributed by atoms with Crippen molar-refractivity contribution in [2.45, 2.75) is 55.4 Å². The average molecular weight is 393 g/mol. The summed E-state index contributed by atoms with van der Waals surface area (Å²) in [6, 6.07) is 6.33. The minimum Gasteiger partial charge on any atom is -0.481 e. The Morgan fingerprint density at radius 3 is 2.46 bits per heavy atom. The lowest BCUT2D eigenvalue weighted by Crippen LogP contribution is -2.68. The molecule has 1 heterocycles. The lowest BCUT2D eigenvalue weighted by Gasteiger charge is -2.55. The van der Waals surface area contributed by atoms with Crippen molar-refractivity contribution in [1.82, 2.24) is 5.32 Å². The summed E-state index contributed by atoms with van der Waals surface area (Å²) >= 11 is 0. The van der Waals surface area contributed by atoms with Gasteiger partial charge in [-0.25, -0.2) is 4.79 Å². The van der Waals surface area contributed by atoms with E-state index in [1.54, 1.807) is 24.3 Å². The van der Waals surface area contributed by atoms with E-state index < -0.39 is 53.4 Å². The van der Waals surface area contributed by atoms with Gasteiger partial charge in [0.2, 0.25) is 0 Å². The molecule has 0 spiro atoms. The highest BCUT2D eigenvalue weighted by Crippen LogP contribution is 2.52. The molecule has 9 nitrogen and oxygen atoms in total. The summed E-state index contributed by atoms with van der Waals surface area (Å²) in [5, 5.41) is 53.4. The van der Waals surface area contributed by atoms with Gasteiger partial charge in [0.25, 0.3) is 0 Å². The molecule has 1 saturated carbocycles. The third kappa shape index (κ3) is 3.05. The van der Waals surface area contributed by atoms with Crippen LogP contribution >= 0.6 is 0 Å². The van der Waals surface area contributed by atoms with E-state index in [1.165, 1.54) is 0 Å². The summed E-state index contributed by atoms with van der Waals surface area (Å²) in [6.07, 6.45) is -1.53. The van der Waals surface area contributed by atoms with Gasteiger partial charge in [-0.2, -0.15) is 0 Å². The minimum atomic E-state index is -3.06. The number of nitrogens with one attached hydrogen (secondary N) is 1. The molecule has 1 aliphatic carbocycles. The molecule has 3 rings (SSSR count). The fourth-order valence-electron chi connectivity index (χ4n) is 5.05. The van der Waals surface area contributed by atoms with Crippen molar-refractivity contribution in [3.05, 3.63) is 35.4 Å². The number of hydrogen-bond donors (Lipinski definition) is 6. The first kappa shape index (κ1) is 20.2. The highest BCUT2D eigenvalue weighted by atomic mass is 16.4. The molecule has 0 bridgehead atoms. The van der Waals surface area contributed by atoms with Gasteiger partial charge in [-0.05, 0) is 30.4 Å². The van der Waals surface area contributed by atoms with Gasteiger partial charge in [-0.15, -0.1) is 0 Å². The zero-order valence-corrected chi connectivity index (χ0v) is 15.0. The Bertz CT molecular complexity index is 811. The van der Waals surface area contributed by atoms with Crippen LogP contribution in [0.1, 0.15) is 36.8 Å². The van der Waals surface area contributed by atoms with E-state index in [4.69, 9.17) is 0 Å². The molecule has 2 aliphatic rings. The quantitative estimate of drug-likeness (QED) is 0.388. The fourth-order valence-corrected chi connectivity index (χ4v) is 5.05. The Morgan fingerprint density at radius 1 is 1.18 bits per heavy atom. The second kappa shape index (κ2) is 7.16. The first-order valence-electron chi connectivity index (χ1n) is 9.03. The summed E-state index contributed by atoms with van der Waals surface area (Å²) in [4.78, 5) is 35.6. The zero-order valence-electron chi connectivity index (χ0n) is 15.0. The minimum absolute atomic E-state index is 0.103. The molecule has 0 amide bonds. The van der Waals surface area contributed by atoms with Crippen LogP contribution in [0.2, 0.25) is 0 Å². The number of aliphatic hydroxyl groups excluding tert-OH is 1. The monoisotopic (exact) mass is 393 g/mol. The van der Waals surface area contributed by atoms with Crippen molar-refractivity contribution in [3.63, 3.8) is 0 Å². The Morgan fingerprint density at radius 2 is 1.86 bits per heavy atom. The Labute approximate surface area is 160 Å². The smallest absolute Gasteiger partial charge is 0.337 e. The molecular weight excluding hydrogens is 370 g/mol. The second-order valence-electron chi connectivity index (χ2n) is 7.64. The summed E-state index contributed by atoms with van der Waals surface area (Å²) in [7, 11) is 0. The number of aliphatic carboxylic acids is 3. The van der Waals surface area contributed by atoms with Gasteiger partial charge in [-0.1, -0.05) is 24.3 Å². The number of carboxylic acid groups (broad SMARTS) is 3. The van der Waals surface area contributed by atoms with Crippen LogP contribution in [-0.2, 0) is 26.3 Å². The first-order valence-corrected chi connectivity index (χ1v) is 9.03. The number of carboxylic acids is 3. The number of hydrogen-bond acceptors (Lipinski definition) is 6. The van der Waals surface area contributed by atoms with E-state index in [-0.39, 0.29) is 6.42 Å². The molecular formula is C19H23NO8. The molecule has 9 heteroatoms. The summed E-state index contributed by atoms with van der Waals surface area (Å²) in [5.41, 5.74) is -3.29. The molecule has 0 radical (unpaired) electrons. The van der Waals surface area contributed by atoms with Gasteiger partial charge in [0.05, 0.1) is 12.5 Å². The molecule has 1 aromatic rings. The van der Waals surface area contributed by atoms with Crippen LogP contribution in [0.3, 0.4) is 0 Å². The van der Waals surface area contributed by atoms with E-state index in [0.717, 1.165) is 5.56 Å². The van der Waals surface area contributed by atoms with Crippen LogP contribution < -0.4 is 5.32 Å². The van der Waals surface area contributed by atoms with Gasteiger partial charge in [-0.3, -0.25) is 9.59 Å². The maximum absolute atomic E-state index is 12.4. The molecule has 5 unspecified atom stereocenters. The maximum Gasteiger partial charge on any atom is 0.337 e. The number of carbonyl (C=O) groups is 3. The molecule has 1 fully saturated rings. The summed E-state index contributed by atoms with van der Waals surface area (Å²) in [6.45, 7) is 0.426. The van der Waals surface area contributed by atoms with E-state index >= 15 is 0 Å². The second-order valence-corrected chi connectivity index (χ2v) is 7.64. The highest BCUT2D eigenvalue weighted by molar-refractivity contribution is 5.91. The van der Waals surface area contributed by atoms with Crippen molar-refractivity contribution in [1.29, 1.82) is 0 Å². The molecule has 0 saturated heterocycles. The van der Waals surface area contributed by atoms with E-state index in [9.17, 15) is 39.9 Å². The van der Waals surface area contributed by atoms with Crippen molar-refractivity contribution >= 4 is 17.9 Å². The van der Waals surface area contributed by atoms with Crippen LogP contribution in [0.4, 0.5) is 0 Å². The van der Waals surface area contributed by atoms with Crippen LogP contribution in [0, 0.1) is 5.92 Å². The molecule has 28 heavy (non-hydrogen) atoms. The van der Waals surface area contributed by atoms with Crippen LogP contribution in [0.15, 0.2) is 24.3 Å². The maximum atomic E-state index is 12.4. The van der Waals surface area contributed by atoms with Crippen LogP contribution in [0.25, 0.3) is 0 Å². The van der Waals surface area contributed by atoms with Gasteiger partial charge in [0, 0.05) is 18.0 Å². The molecule has 6 N–H and O–H groups in total. The lowest BCUT2D eigenvalue weighted by molar-refractivity contribution is -0.188. The Balaban J connectivity index is 2.30. The number of aliphatic hydroxyl groups is 2. The predicted octanol–water partition coefficient (Wildman–Crippen LogP) is -0.0678. The molecule has 5 atom stereocenters. The average Bonchev–Trinajstić information content (AvgIpc) is 2.60. The summed E-state index contributed by atoms with van der Waals surface area (Å²) in [5.74, 6) is -7.15. The first-order chi connectivity index (χ1) is 13.1. The fraction of sp³-hybridized carbons (Fsp3) is 0.526. The van der Waals surface area contributed by atoms with Gasteiger partial charge in [0.1, 0.15) is 5.92 Å². The van der Waals surface area contributed by atoms with Crippen molar-refractivity contribution in [3.8, 4) is 0 Å². The molecule has 0 aromatic heterocycles. The van der Waals surface area contributed by atoms with Crippen molar-refractivity contribution in [2.75, 3.05) is 0 Å². The largest absolute Gasteiger partial charge is 0.481 e. The topological polar surface area (TPSA) is 164 Å². The number of benzene rings is 1. The van der Waals surface area contributed by atoms with E-state index in [1.807, 2.05) is 0 Å². The summed E-state index contributed by atoms with van der Waals surface area (Å²) < 4.78 is 0. The number of fused-ring (bicyclic) bond motifs is 3. The third-order valence-corrected chi connectivity index (χ3v) is 6.07. The normalized spacial score (nSPS) is 29.6.